The molecule has 0 saturated heterocycles. The van der Waals surface area contributed by atoms with Crippen molar-refractivity contribution in [3.63, 3.8) is 0 Å². The number of methoxy groups -OCH3 is 2. The third-order valence-electron chi connectivity index (χ3n) is 3.15. The van der Waals surface area contributed by atoms with Gasteiger partial charge in [-0.3, -0.25) is 0 Å². The summed E-state index contributed by atoms with van der Waals surface area (Å²) in [6.45, 7) is 0. The Morgan fingerprint density at radius 3 is 2.62 bits per heavy atom. The summed E-state index contributed by atoms with van der Waals surface area (Å²) in [6, 6.07) is 9.54. The molecule has 2 N–H and O–H groups in total. The molecule has 0 aliphatic heterocycles. The minimum Gasteiger partial charge on any atom is -0.493 e. The molecule has 108 valence electrons. The molecule has 0 spiro atoms. The Morgan fingerprint density at radius 1 is 1.14 bits per heavy atom. The van der Waals surface area contributed by atoms with Crippen LogP contribution < -0.4 is 15.2 Å². The molecule has 0 aliphatic rings. The van der Waals surface area contributed by atoms with Crippen LogP contribution in [0.4, 0.5) is 5.88 Å². The van der Waals surface area contributed by atoms with Crippen molar-refractivity contribution in [1.29, 1.82) is 0 Å². The number of anilines is 1. The van der Waals surface area contributed by atoms with E-state index in [9.17, 15) is 0 Å². The minimum atomic E-state index is 0.283. The van der Waals surface area contributed by atoms with Crippen LogP contribution in [0.25, 0.3) is 21.7 Å². The van der Waals surface area contributed by atoms with Gasteiger partial charge in [-0.15, -0.1) is 11.3 Å². The topological polar surface area (TPSA) is 70.5 Å². The van der Waals surface area contributed by atoms with Gasteiger partial charge in [0, 0.05) is 0 Å². The van der Waals surface area contributed by atoms with E-state index in [1.165, 1.54) is 0 Å². The van der Waals surface area contributed by atoms with E-state index in [0.29, 0.717) is 11.5 Å². The van der Waals surface area contributed by atoms with Crippen LogP contribution in [-0.4, -0.2) is 19.4 Å². The second-order valence-electron chi connectivity index (χ2n) is 4.32. The Balaban J connectivity index is 2.15. The minimum absolute atomic E-state index is 0.283. The van der Waals surface area contributed by atoms with E-state index in [-0.39, 0.29) is 5.88 Å². The molecule has 5 nitrogen and oxygen atoms in total. The smallest absolute Gasteiger partial charge is 0.230 e. The highest BCUT2D eigenvalue weighted by Gasteiger charge is 2.19. The van der Waals surface area contributed by atoms with Crippen molar-refractivity contribution in [3.05, 3.63) is 35.7 Å². The van der Waals surface area contributed by atoms with Crippen molar-refractivity contribution >= 4 is 17.2 Å². The summed E-state index contributed by atoms with van der Waals surface area (Å²) in [4.78, 5) is 1.00. The molecular formula is C15H14N2O3S. The van der Waals surface area contributed by atoms with Crippen LogP contribution in [-0.2, 0) is 0 Å². The molecule has 1 aromatic carbocycles. The number of nitrogens with zero attached hydrogens (tertiary/aromatic N) is 1. The lowest BCUT2D eigenvalue weighted by atomic mass is 10.0. The third-order valence-corrected chi connectivity index (χ3v) is 4.02. The number of nitrogen functional groups attached to an aromatic ring is 1. The summed E-state index contributed by atoms with van der Waals surface area (Å²) in [5, 5.41) is 6.06. The first-order valence-corrected chi connectivity index (χ1v) is 7.14. The first-order chi connectivity index (χ1) is 10.2. The quantitative estimate of drug-likeness (QED) is 0.796. The average Bonchev–Trinajstić information content (AvgIpc) is 3.15. The van der Waals surface area contributed by atoms with Crippen LogP contribution >= 0.6 is 11.3 Å². The van der Waals surface area contributed by atoms with Crippen LogP contribution in [0, 0.1) is 0 Å². The van der Waals surface area contributed by atoms with Crippen LogP contribution in [0.1, 0.15) is 0 Å². The van der Waals surface area contributed by atoms with Crippen LogP contribution in [0.15, 0.2) is 40.2 Å². The number of ether oxygens (including phenoxy) is 2. The monoisotopic (exact) mass is 302 g/mol. The van der Waals surface area contributed by atoms with Gasteiger partial charge < -0.3 is 19.7 Å². The Hall–Kier alpha value is -2.47. The molecule has 3 rings (SSSR count). The lowest BCUT2D eigenvalue weighted by Gasteiger charge is -2.09. The number of nitrogens with two attached hydrogens (primary N) is 1. The summed E-state index contributed by atoms with van der Waals surface area (Å²) in [6.07, 6.45) is 0. The number of thiophene rings is 1. The highest BCUT2D eigenvalue weighted by Crippen LogP contribution is 2.40. The number of benzene rings is 1. The van der Waals surface area contributed by atoms with Crippen LogP contribution in [0.3, 0.4) is 0 Å². The van der Waals surface area contributed by atoms with Gasteiger partial charge in [0.15, 0.2) is 11.5 Å². The average molecular weight is 302 g/mol. The maximum absolute atomic E-state index is 5.94. The molecule has 0 bridgehead atoms. The highest BCUT2D eigenvalue weighted by molar-refractivity contribution is 7.13. The lowest BCUT2D eigenvalue weighted by molar-refractivity contribution is 0.355. The van der Waals surface area contributed by atoms with Crippen molar-refractivity contribution < 1.29 is 14.0 Å². The van der Waals surface area contributed by atoms with Crippen molar-refractivity contribution in [3.8, 4) is 33.2 Å². The maximum atomic E-state index is 5.94. The normalized spacial score (nSPS) is 10.6. The Bertz CT molecular complexity index is 750. The predicted octanol–water partition coefficient (Wildman–Crippen LogP) is 3.67. The second-order valence-corrected chi connectivity index (χ2v) is 5.27. The molecule has 0 radical (unpaired) electrons. The fourth-order valence-electron chi connectivity index (χ4n) is 2.15. The van der Waals surface area contributed by atoms with Crippen molar-refractivity contribution in [2.45, 2.75) is 0 Å². The summed E-state index contributed by atoms with van der Waals surface area (Å²) < 4.78 is 15.7. The van der Waals surface area contributed by atoms with Gasteiger partial charge in [-0.05, 0) is 29.1 Å². The molecule has 0 saturated carbocycles. The molecular weight excluding hydrogens is 288 g/mol. The zero-order valence-electron chi connectivity index (χ0n) is 11.6. The summed E-state index contributed by atoms with van der Waals surface area (Å²) >= 11 is 1.58. The van der Waals surface area contributed by atoms with E-state index < -0.39 is 0 Å². The zero-order valence-corrected chi connectivity index (χ0v) is 12.4. The molecule has 0 aliphatic carbocycles. The Labute approximate surface area is 125 Å². The third kappa shape index (κ3) is 2.34. The molecule has 0 amide bonds. The number of hydrogen-bond donors (Lipinski definition) is 1. The van der Waals surface area contributed by atoms with Crippen molar-refractivity contribution in [2.24, 2.45) is 0 Å². The fourth-order valence-corrected chi connectivity index (χ4v) is 2.87. The summed E-state index contributed by atoms with van der Waals surface area (Å²) in [5.74, 6) is 1.58. The molecule has 0 fully saturated rings. The first-order valence-electron chi connectivity index (χ1n) is 6.26. The van der Waals surface area contributed by atoms with Crippen molar-refractivity contribution in [1.82, 2.24) is 5.16 Å². The van der Waals surface area contributed by atoms with E-state index in [4.69, 9.17) is 19.7 Å². The van der Waals surface area contributed by atoms with Gasteiger partial charge in [0.05, 0.1) is 24.7 Å². The summed E-state index contributed by atoms with van der Waals surface area (Å²) in [7, 11) is 3.20. The van der Waals surface area contributed by atoms with E-state index in [2.05, 4.69) is 5.16 Å². The molecule has 0 atom stereocenters. The SMILES string of the molecule is COc1ccc(-c2c(-c3cccs3)noc2N)cc1OC. The van der Waals surface area contributed by atoms with Crippen molar-refractivity contribution in [2.75, 3.05) is 20.0 Å². The second kappa shape index (κ2) is 5.49. The predicted molar refractivity (Wildman–Crippen MR) is 82.8 cm³/mol. The molecule has 6 heteroatoms. The van der Waals surface area contributed by atoms with Crippen LogP contribution in [0.2, 0.25) is 0 Å². The molecule has 21 heavy (non-hydrogen) atoms. The Morgan fingerprint density at radius 2 is 1.95 bits per heavy atom. The van der Waals surface area contributed by atoms with E-state index in [0.717, 1.165) is 21.7 Å². The van der Waals surface area contributed by atoms with Gasteiger partial charge >= 0.3 is 0 Å². The zero-order chi connectivity index (χ0) is 14.8. The van der Waals surface area contributed by atoms with E-state index in [1.54, 1.807) is 25.6 Å². The first kappa shape index (κ1) is 13.5. The number of hydrogen-bond acceptors (Lipinski definition) is 6. The van der Waals surface area contributed by atoms with Gasteiger partial charge in [-0.1, -0.05) is 17.3 Å². The largest absolute Gasteiger partial charge is 0.493 e. The standard InChI is InChI=1S/C15H14N2O3S/c1-18-10-6-5-9(8-11(10)19-2)13-14(17-20-15(13)16)12-4-3-7-21-12/h3-8H,16H2,1-2H3. The van der Waals surface area contributed by atoms with Gasteiger partial charge in [0.2, 0.25) is 5.88 Å². The van der Waals surface area contributed by atoms with E-state index in [1.807, 2.05) is 35.7 Å². The van der Waals surface area contributed by atoms with Gasteiger partial charge in [-0.2, -0.15) is 0 Å². The molecule has 2 heterocycles. The molecule has 3 aromatic rings. The molecule has 0 unspecified atom stereocenters. The van der Waals surface area contributed by atoms with E-state index >= 15 is 0 Å². The van der Waals surface area contributed by atoms with Gasteiger partial charge in [-0.25, -0.2) is 0 Å². The maximum Gasteiger partial charge on any atom is 0.230 e. The van der Waals surface area contributed by atoms with Gasteiger partial charge in [0.1, 0.15) is 5.69 Å². The summed E-state index contributed by atoms with van der Waals surface area (Å²) in [5.41, 5.74) is 8.31. The fraction of sp³-hybridized carbons (Fsp3) is 0.133. The van der Waals surface area contributed by atoms with Gasteiger partial charge in [0.25, 0.3) is 0 Å². The number of aromatic nitrogens is 1. The number of rotatable bonds is 4. The van der Waals surface area contributed by atoms with Crippen LogP contribution in [0.5, 0.6) is 11.5 Å². The lowest BCUT2D eigenvalue weighted by Crippen LogP contribution is -1.92. The highest BCUT2D eigenvalue weighted by atomic mass is 32.1. The Kier molecular flexibility index (Phi) is 3.53. The molecule has 2 aromatic heterocycles.